The van der Waals surface area contributed by atoms with Crippen LogP contribution in [0.25, 0.3) is 0 Å². The predicted octanol–water partition coefficient (Wildman–Crippen LogP) is 3.30. The maximum Gasteiger partial charge on any atom is 0.312 e. The number of rotatable bonds is 4. The van der Waals surface area contributed by atoms with E-state index in [0.29, 0.717) is 6.54 Å². The first-order valence-corrected chi connectivity index (χ1v) is 6.78. The van der Waals surface area contributed by atoms with E-state index in [1.165, 1.54) is 23.6 Å². The number of nitriles is 1. The van der Waals surface area contributed by atoms with Crippen LogP contribution in [0.4, 0.5) is 11.5 Å². The van der Waals surface area contributed by atoms with Gasteiger partial charge in [0.25, 0.3) is 0 Å². The molecule has 2 aromatic heterocycles. The molecule has 2 rings (SSSR count). The van der Waals surface area contributed by atoms with E-state index >= 15 is 0 Å². The molecule has 0 aromatic carbocycles. The van der Waals surface area contributed by atoms with Gasteiger partial charge in [-0.25, -0.2) is 4.98 Å². The number of pyridine rings is 1. The molecule has 2 heterocycles. The summed E-state index contributed by atoms with van der Waals surface area (Å²) in [5.41, 5.74) is -0.0363. The van der Waals surface area contributed by atoms with Crippen molar-refractivity contribution in [2.24, 2.45) is 0 Å². The third-order valence-electron chi connectivity index (χ3n) is 2.25. The van der Waals surface area contributed by atoms with Crippen LogP contribution in [0.3, 0.4) is 0 Å². The third kappa shape index (κ3) is 3.27. The van der Waals surface area contributed by atoms with Crippen molar-refractivity contribution in [1.82, 2.24) is 4.98 Å². The van der Waals surface area contributed by atoms with Crippen LogP contribution >= 0.6 is 27.3 Å². The Bertz CT molecular complexity index is 665. The van der Waals surface area contributed by atoms with Crippen LogP contribution in [0, 0.1) is 21.4 Å². The molecule has 0 bridgehead atoms. The maximum absolute atomic E-state index is 10.9. The molecular formula is C11H7BrN4O2S. The number of halogens is 1. The molecule has 8 heteroatoms. The summed E-state index contributed by atoms with van der Waals surface area (Å²) < 4.78 is 0.969. The van der Waals surface area contributed by atoms with Gasteiger partial charge >= 0.3 is 5.69 Å². The van der Waals surface area contributed by atoms with Gasteiger partial charge in [0.1, 0.15) is 6.07 Å². The molecule has 0 aliphatic heterocycles. The number of nitrogens with zero attached hydrogens (tertiary/aromatic N) is 3. The van der Waals surface area contributed by atoms with Crippen molar-refractivity contribution in [3.05, 3.63) is 48.7 Å². The van der Waals surface area contributed by atoms with Gasteiger partial charge in [-0.1, -0.05) is 0 Å². The molecule has 0 saturated carbocycles. The Kier molecular flexibility index (Phi) is 4.09. The molecule has 0 atom stereocenters. The lowest BCUT2D eigenvalue weighted by atomic mass is 10.2. The highest BCUT2D eigenvalue weighted by Gasteiger charge is 2.16. The van der Waals surface area contributed by atoms with E-state index in [1.807, 2.05) is 17.5 Å². The first kappa shape index (κ1) is 13.5. The topological polar surface area (TPSA) is 91.8 Å². The molecule has 0 aliphatic rings. The second-order valence-electron chi connectivity index (χ2n) is 3.55. The fourth-order valence-corrected chi connectivity index (χ4v) is 2.80. The molecule has 0 spiro atoms. The lowest BCUT2D eigenvalue weighted by molar-refractivity contribution is -0.384. The highest BCUT2D eigenvalue weighted by atomic mass is 79.9. The summed E-state index contributed by atoms with van der Waals surface area (Å²) in [6.07, 6.45) is 1.31. The van der Waals surface area contributed by atoms with Gasteiger partial charge in [-0.3, -0.25) is 10.1 Å². The molecule has 19 heavy (non-hydrogen) atoms. The molecule has 0 radical (unpaired) electrons. The van der Waals surface area contributed by atoms with Crippen molar-refractivity contribution in [1.29, 1.82) is 5.26 Å². The van der Waals surface area contributed by atoms with Gasteiger partial charge in [-0.2, -0.15) is 5.26 Å². The van der Waals surface area contributed by atoms with Crippen molar-refractivity contribution >= 4 is 38.8 Å². The van der Waals surface area contributed by atoms with Crippen molar-refractivity contribution in [2.75, 3.05) is 5.32 Å². The highest BCUT2D eigenvalue weighted by Crippen LogP contribution is 2.25. The zero-order chi connectivity index (χ0) is 13.8. The SMILES string of the molecule is N#Cc1cnc(NCc2cc(Br)cs2)c([N+](=O)[O-])c1. The van der Waals surface area contributed by atoms with Gasteiger partial charge in [0, 0.05) is 27.0 Å². The number of nitrogens with one attached hydrogen (secondary N) is 1. The number of aromatic nitrogens is 1. The second kappa shape index (κ2) is 5.77. The van der Waals surface area contributed by atoms with Crippen LogP contribution in [0.2, 0.25) is 0 Å². The minimum Gasteiger partial charge on any atom is -0.359 e. The number of nitro groups is 1. The standard InChI is InChI=1S/C11H7BrN4O2S/c12-8-2-9(19-6-8)5-15-11-10(16(17)18)1-7(3-13)4-14-11/h1-2,4,6H,5H2,(H,14,15). The van der Waals surface area contributed by atoms with Crippen molar-refractivity contribution in [2.45, 2.75) is 6.54 Å². The third-order valence-corrected chi connectivity index (χ3v) is 3.94. The minimum atomic E-state index is -0.555. The summed E-state index contributed by atoms with van der Waals surface area (Å²) in [4.78, 5) is 15.3. The fourth-order valence-electron chi connectivity index (χ4n) is 1.41. The first-order chi connectivity index (χ1) is 9.10. The molecule has 0 saturated heterocycles. The molecule has 2 aromatic rings. The highest BCUT2D eigenvalue weighted by molar-refractivity contribution is 9.10. The van der Waals surface area contributed by atoms with E-state index < -0.39 is 4.92 Å². The molecular weight excluding hydrogens is 332 g/mol. The zero-order valence-electron chi connectivity index (χ0n) is 9.46. The average Bonchev–Trinajstić information content (AvgIpc) is 2.82. The Morgan fingerprint density at radius 2 is 2.37 bits per heavy atom. The largest absolute Gasteiger partial charge is 0.359 e. The Morgan fingerprint density at radius 3 is 2.95 bits per heavy atom. The molecule has 6 nitrogen and oxygen atoms in total. The first-order valence-electron chi connectivity index (χ1n) is 5.11. The summed E-state index contributed by atoms with van der Waals surface area (Å²) in [6.45, 7) is 0.440. The van der Waals surface area contributed by atoms with Crippen LogP contribution in [-0.2, 0) is 6.54 Å². The van der Waals surface area contributed by atoms with Crippen LogP contribution in [0.15, 0.2) is 28.2 Å². The van der Waals surface area contributed by atoms with Crippen LogP contribution < -0.4 is 5.32 Å². The molecule has 1 N–H and O–H groups in total. The Labute approximate surface area is 121 Å². The van der Waals surface area contributed by atoms with Crippen molar-refractivity contribution in [3.63, 3.8) is 0 Å². The Balaban J connectivity index is 2.20. The van der Waals surface area contributed by atoms with E-state index in [9.17, 15) is 10.1 Å². The summed E-state index contributed by atoms with van der Waals surface area (Å²) in [5.74, 6) is 0.161. The van der Waals surface area contributed by atoms with E-state index in [4.69, 9.17) is 5.26 Å². The molecule has 96 valence electrons. The molecule has 0 amide bonds. The maximum atomic E-state index is 10.9. The fraction of sp³-hybridized carbons (Fsp3) is 0.0909. The quantitative estimate of drug-likeness (QED) is 0.682. The monoisotopic (exact) mass is 338 g/mol. The van der Waals surface area contributed by atoms with Crippen LogP contribution in [-0.4, -0.2) is 9.91 Å². The number of hydrogen-bond acceptors (Lipinski definition) is 6. The van der Waals surface area contributed by atoms with Crippen LogP contribution in [0.1, 0.15) is 10.4 Å². The average molecular weight is 339 g/mol. The molecule has 0 fully saturated rings. The van der Waals surface area contributed by atoms with E-state index in [2.05, 4.69) is 26.2 Å². The lowest BCUT2D eigenvalue weighted by Crippen LogP contribution is -2.04. The van der Waals surface area contributed by atoms with Crippen LogP contribution in [0.5, 0.6) is 0 Å². The summed E-state index contributed by atoms with van der Waals surface area (Å²) in [6, 6.07) is 4.96. The van der Waals surface area contributed by atoms with Gasteiger partial charge in [-0.15, -0.1) is 11.3 Å². The van der Waals surface area contributed by atoms with Gasteiger partial charge in [0.05, 0.1) is 17.0 Å². The van der Waals surface area contributed by atoms with E-state index in [1.54, 1.807) is 0 Å². The Hall–Kier alpha value is -1.98. The lowest BCUT2D eigenvalue weighted by Gasteiger charge is -2.04. The minimum absolute atomic E-state index is 0.161. The van der Waals surface area contributed by atoms with Crippen molar-refractivity contribution < 1.29 is 4.92 Å². The normalized spacial score (nSPS) is 9.89. The van der Waals surface area contributed by atoms with E-state index in [0.717, 1.165) is 9.35 Å². The summed E-state index contributed by atoms with van der Waals surface area (Å²) in [5, 5.41) is 24.5. The number of hydrogen-bond donors (Lipinski definition) is 1. The smallest absolute Gasteiger partial charge is 0.312 e. The molecule has 0 unspecified atom stereocenters. The Morgan fingerprint density at radius 1 is 1.58 bits per heavy atom. The zero-order valence-corrected chi connectivity index (χ0v) is 11.9. The number of thiophene rings is 1. The van der Waals surface area contributed by atoms with Gasteiger partial charge in [-0.05, 0) is 22.0 Å². The predicted molar refractivity (Wildman–Crippen MR) is 75.0 cm³/mol. The number of anilines is 1. The summed E-state index contributed by atoms with van der Waals surface area (Å²) in [7, 11) is 0. The van der Waals surface area contributed by atoms with E-state index in [-0.39, 0.29) is 17.1 Å². The molecule has 0 aliphatic carbocycles. The van der Waals surface area contributed by atoms with Gasteiger partial charge in [0.2, 0.25) is 5.82 Å². The van der Waals surface area contributed by atoms with Gasteiger partial charge < -0.3 is 5.32 Å². The van der Waals surface area contributed by atoms with Crippen molar-refractivity contribution in [3.8, 4) is 6.07 Å². The summed E-state index contributed by atoms with van der Waals surface area (Å²) >= 11 is 4.87. The second-order valence-corrected chi connectivity index (χ2v) is 5.46. The van der Waals surface area contributed by atoms with Gasteiger partial charge in [0.15, 0.2) is 0 Å².